The summed E-state index contributed by atoms with van der Waals surface area (Å²) in [5.74, 6) is 0. The van der Waals surface area contributed by atoms with E-state index in [0.29, 0.717) is 0 Å². The van der Waals surface area contributed by atoms with Gasteiger partial charge in [0.1, 0.15) is 0 Å². The molecule has 0 atom stereocenters. The summed E-state index contributed by atoms with van der Waals surface area (Å²) in [6.07, 6.45) is 0. The fourth-order valence-corrected chi connectivity index (χ4v) is 13.4. The molecule has 0 amide bonds. The number of para-hydroxylation sites is 3. The quantitative estimate of drug-likeness (QED) is 0.135. The molecule has 0 N–H and O–H groups in total. The molecular formula is C86H69N3. The van der Waals surface area contributed by atoms with E-state index in [-0.39, 0.29) is 10.8 Å². The lowest BCUT2D eigenvalue weighted by Crippen LogP contribution is -2.31. The second kappa shape index (κ2) is 22.2. The zero-order valence-corrected chi connectivity index (χ0v) is 51.3. The summed E-state index contributed by atoms with van der Waals surface area (Å²) in [7, 11) is 0. The molecule has 3 nitrogen and oxygen atoms in total. The Morgan fingerprint density at radius 2 is 0.427 bits per heavy atom. The molecule has 13 aromatic rings. The van der Waals surface area contributed by atoms with Gasteiger partial charge >= 0.3 is 0 Å². The van der Waals surface area contributed by atoms with Crippen molar-refractivity contribution in [3.63, 3.8) is 0 Å². The molecular weight excluding hydrogens is 1070 g/mol. The Bertz CT molecular complexity index is 4300. The summed E-state index contributed by atoms with van der Waals surface area (Å²) in [6.45, 7) is 14.0. The van der Waals surface area contributed by atoms with Crippen LogP contribution < -0.4 is 14.7 Å². The maximum atomic E-state index is 2.62. The van der Waals surface area contributed by atoms with Gasteiger partial charge in [0.25, 0.3) is 0 Å². The molecule has 428 valence electrons. The van der Waals surface area contributed by atoms with Crippen LogP contribution in [0.4, 0.5) is 51.2 Å². The molecule has 15 rings (SSSR count). The number of anilines is 9. The van der Waals surface area contributed by atoms with Gasteiger partial charge in [0.15, 0.2) is 0 Å². The Morgan fingerprint density at radius 3 is 0.719 bits per heavy atom. The van der Waals surface area contributed by atoms with Crippen molar-refractivity contribution >= 4 is 51.2 Å². The molecule has 0 fully saturated rings. The van der Waals surface area contributed by atoms with Gasteiger partial charge in [0.05, 0.1) is 51.2 Å². The molecule has 0 radical (unpaired) electrons. The number of hydrogen-bond acceptors (Lipinski definition) is 3. The summed E-state index contributed by atoms with van der Waals surface area (Å²) < 4.78 is 0. The average Bonchev–Trinajstić information content (AvgIpc) is 0.713. The molecule has 2 aliphatic rings. The smallest absolute Gasteiger partial charge is 0.0947 e. The van der Waals surface area contributed by atoms with Gasteiger partial charge < -0.3 is 14.7 Å². The highest BCUT2D eigenvalue weighted by molar-refractivity contribution is 6.16. The van der Waals surface area contributed by atoms with Gasteiger partial charge in [0.2, 0.25) is 0 Å². The second-order valence-corrected chi connectivity index (χ2v) is 25.7. The molecule has 3 heteroatoms. The van der Waals surface area contributed by atoms with Crippen LogP contribution in [-0.4, -0.2) is 0 Å². The number of hydrogen-bond donors (Lipinski definition) is 0. The zero-order valence-electron chi connectivity index (χ0n) is 51.3. The predicted octanol–water partition coefficient (Wildman–Crippen LogP) is 24.7. The molecule has 0 aromatic heterocycles. The first kappa shape index (κ1) is 54.9. The number of nitrogens with zero attached hydrogens (tertiary/aromatic N) is 3. The van der Waals surface area contributed by atoms with Gasteiger partial charge in [-0.3, -0.25) is 0 Å². The maximum absolute atomic E-state index is 2.62. The van der Waals surface area contributed by atoms with Crippen LogP contribution in [0.15, 0.2) is 309 Å². The van der Waals surface area contributed by atoms with Gasteiger partial charge in [-0.15, -0.1) is 0 Å². The summed E-state index contributed by atoms with van der Waals surface area (Å²) in [5.41, 5.74) is 30.6. The van der Waals surface area contributed by atoms with Crippen molar-refractivity contribution in [1.82, 2.24) is 0 Å². The van der Waals surface area contributed by atoms with Gasteiger partial charge in [-0.1, -0.05) is 290 Å². The molecule has 89 heavy (non-hydrogen) atoms. The molecule has 0 bridgehead atoms. The van der Waals surface area contributed by atoms with Gasteiger partial charge in [-0.05, 0) is 149 Å². The largest absolute Gasteiger partial charge is 0.305 e. The third-order valence-electron chi connectivity index (χ3n) is 18.0. The Morgan fingerprint density at radius 1 is 0.180 bits per heavy atom. The van der Waals surface area contributed by atoms with E-state index in [9.17, 15) is 0 Å². The summed E-state index contributed by atoms with van der Waals surface area (Å²) in [4.78, 5) is 7.85. The molecule has 2 aliphatic heterocycles. The third kappa shape index (κ3) is 9.99. The number of fused-ring (bicyclic) bond motifs is 4. The van der Waals surface area contributed by atoms with Crippen molar-refractivity contribution in [3.8, 4) is 89.0 Å². The van der Waals surface area contributed by atoms with Crippen LogP contribution >= 0.6 is 0 Å². The Labute approximate surface area is 524 Å². The normalized spacial score (nSPS) is 12.5. The van der Waals surface area contributed by atoms with E-state index in [1.165, 1.54) is 55.6 Å². The topological polar surface area (TPSA) is 9.72 Å². The maximum Gasteiger partial charge on any atom is 0.0947 e. The van der Waals surface area contributed by atoms with Crippen LogP contribution in [0.1, 0.15) is 52.7 Å². The van der Waals surface area contributed by atoms with E-state index < -0.39 is 0 Å². The fraction of sp³-hybridized carbons (Fsp3) is 0.0930. The van der Waals surface area contributed by atoms with E-state index in [4.69, 9.17) is 0 Å². The predicted molar refractivity (Wildman–Crippen MR) is 378 cm³/mol. The molecule has 0 saturated carbocycles. The van der Waals surface area contributed by atoms with Gasteiger partial charge in [0, 0.05) is 22.3 Å². The standard InChI is InChI=1S/C86H69N3/c1-85(2,3)70-48-50-76-80(56-70)89-81-57-71(86(4,5)6)49-51-77(81)88(83-74(68-40-21-36-64(54-68)60-30-15-9-16-31-60)44-24-45-75(83)69-41-22-37-65(55-69)61-32-17-10-18-33-61)79-47-25-46-78(84(79)89)87(76)82-72(66-38-19-34-62(52-66)58-26-11-7-12-27-58)42-23-43-73(82)67-39-20-35-63(53-67)59-28-13-8-14-29-59/h7-57H,1-6H3. The highest BCUT2D eigenvalue weighted by Crippen LogP contribution is 2.66. The van der Waals surface area contributed by atoms with E-state index in [2.05, 4.69) is 366 Å². The number of benzene rings is 13. The van der Waals surface area contributed by atoms with Crippen LogP contribution in [0.5, 0.6) is 0 Å². The molecule has 2 heterocycles. The summed E-state index contributed by atoms with van der Waals surface area (Å²) >= 11 is 0. The minimum atomic E-state index is -0.160. The Kier molecular flexibility index (Phi) is 13.7. The lowest BCUT2D eigenvalue weighted by Gasteiger charge is -2.48. The van der Waals surface area contributed by atoms with Crippen LogP contribution in [-0.2, 0) is 10.8 Å². The van der Waals surface area contributed by atoms with Crippen molar-refractivity contribution in [2.75, 3.05) is 14.7 Å². The average molecular weight is 1140 g/mol. The van der Waals surface area contributed by atoms with Crippen molar-refractivity contribution in [1.29, 1.82) is 0 Å². The lowest BCUT2D eigenvalue weighted by atomic mass is 9.84. The molecule has 0 spiro atoms. The molecule has 13 aromatic carbocycles. The van der Waals surface area contributed by atoms with Gasteiger partial charge in [-0.2, -0.15) is 0 Å². The third-order valence-corrected chi connectivity index (χ3v) is 18.0. The lowest BCUT2D eigenvalue weighted by molar-refractivity contribution is 0.590. The zero-order chi connectivity index (χ0) is 60.4. The Balaban J connectivity index is 1.05. The number of rotatable bonds is 10. The first-order chi connectivity index (χ1) is 43.4. The second-order valence-electron chi connectivity index (χ2n) is 25.7. The van der Waals surface area contributed by atoms with Crippen molar-refractivity contribution in [3.05, 3.63) is 321 Å². The summed E-state index contributed by atoms with van der Waals surface area (Å²) in [6, 6.07) is 115. The SMILES string of the molecule is CC(C)(C)c1ccc2c(c1)N1c3cc(C(C)(C)C)ccc3N(c3c(-c4cccc(-c5ccccc5)c4)cccc3-c3cccc(-c4ccccc4)c3)c3cccc(c31)N2c1c(-c2cccc(-c3ccccc3)c2)cccc1-c1cccc(-c2ccccc2)c1. The van der Waals surface area contributed by atoms with Crippen LogP contribution in [0, 0.1) is 0 Å². The highest BCUT2D eigenvalue weighted by Gasteiger charge is 2.42. The molecule has 0 saturated heterocycles. The Hall–Kier alpha value is -10.7. The first-order valence-corrected chi connectivity index (χ1v) is 31.1. The van der Waals surface area contributed by atoms with Crippen molar-refractivity contribution in [2.45, 2.75) is 52.4 Å². The first-order valence-electron chi connectivity index (χ1n) is 31.1. The summed E-state index contributed by atoms with van der Waals surface area (Å²) in [5, 5.41) is 0. The van der Waals surface area contributed by atoms with E-state index in [1.807, 2.05) is 0 Å². The highest BCUT2D eigenvalue weighted by atomic mass is 15.3. The monoisotopic (exact) mass is 1140 g/mol. The van der Waals surface area contributed by atoms with Crippen LogP contribution in [0.2, 0.25) is 0 Å². The van der Waals surface area contributed by atoms with E-state index >= 15 is 0 Å². The van der Waals surface area contributed by atoms with Crippen molar-refractivity contribution < 1.29 is 0 Å². The fourth-order valence-electron chi connectivity index (χ4n) is 13.4. The van der Waals surface area contributed by atoms with E-state index in [1.54, 1.807) is 0 Å². The molecule has 0 aliphatic carbocycles. The van der Waals surface area contributed by atoms with E-state index in [0.717, 1.165) is 95.7 Å². The minimum Gasteiger partial charge on any atom is -0.305 e. The van der Waals surface area contributed by atoms with Crippen molar-refractivity contribution in [2.24, 2.45) is 0 Å². The van der Waals surface area contributed by atoms with Gasteiger partial charge in [-0.25, -0.2) is 0 Å². The minimum absolute atomic E-state index is 0.160. The van der Waals surface area contributed by atoms with Crippen LogP contribution in [0.25, 0.3) is 89.0 Å². The molecule has 0 unspecified atom stereocenters. The van der Waals surface area contributed by atoms with Crippen LogP contribution in [0.3, 0.4) is 0 Å².